The quantitative estimate of drug-likeness (QED) is 0.816. The summed E-state index contributed by atoms with van der Waals surface area (Å²) in [5.41, 5.74) is 6.23. The van der Waals surface area contributed by atoms with Crippen LogP contribution in [0.5, 0.6) is 0 Å². The van der Waals surface area contributed by atoms with Crippen molar-refractivity contribution in [2.24, 2.45) is 5.73 Å². The van der Waals surface area contributed by atoms with E-state index in [0.29, 0.717) is 22.8 Å². The van der Waals surface area contributed by atoms with E-state index in [1.165, 1.54) is 31.2 Å². The van der Waals surface area contributed by atoms with Crippen LogP contribution in [0.25, 0.3) is 0 Å². The van der Waals surface area contributed by atoms with E-state index in [1.807, 2.05) is 0 Å². The van der Waals surface area contributed by atoms with Gasteiger partial charge in [0.05, 0.1) is 0 Å². The number of amides is 2. The van der Waals surface area contributed by atoms with Crippen molar-refractivity contribution in [3.05, 3.63) is 53.0 Å². The number of carbonyl (C=O) groups excluding carboxylic acids is 3. The first-order valence-corrected chi connectivity index (χ1v) is 7.26. The Balaban J connectivity index is 1.98. The summed E-state index contributed by atoms with van der Waals surface area (Å²) in [4.78, 5) is 35.1. The highest BCUT2D eigenvalue weighted by atomic mass is 16.5. The minimum Gasteiger partial charge on any atom is -0.466 e. The number of primary amides is 1. The number of benzene rings is 1. The van der Waals surface area contributed by atoms with Crippen molar-refractivity contribution in [2.45, 2.75) is 26.9 Å². The van der Waals surface area contributed by atoms with E-state index in [0.717, 1.165) is 0 Å². The van der Waals surface area contributed by atoms with Gasteiger partial charge in [-0.15, -0.1) is 0 Å². The third-order valence-electron chi connectivity index (χ3n) is 3.35. The highest BCUT2D eigenvalue weighted by Gasteiger charge is 2.22. The van der Waals surface area contributed by atoms with E-state index in [2.05, 4.69) is 5.32 Å². The predicted octanol–water partition coefficient (Wildman–Crippen LogP) is 2.18. The number of carbonyl (C=O) groups is 3. The van der Waals surface area contributed by atoms with Gasteiger partial charge >= 0.3 is 5.97 Å². The van der Waals surface area contributed by atoms with Crippen LogP contribution in [0.2, 0.25) is 0 Å². The van der Waals surface area contributed by atoms with Gasteiger partial charge in [0.2, 0.25) is 5.91 Å². The molecule has 2 amide bonds. The van der Waals surface area contributed by atoms with Gasteiger partial charge in [0.25, 0.3) is 5.91 Å². The Bertz CT molecular complexity index is 777. The van der Waals surface area contributed by atoms with Gasteiger partial charge < -0.3 is 20.2 Å². The van der Waals surface area contributed by atoms with Crippen LogP contribution < -0.4 is 11.1 Å². The summed E-state index contributed by atoms with van der Waals surface area (Å²) in [7, 11) is 0. The first-order valence-electron chi connectivity index (χ1n) is 7.26. The number of hydrogen-bond acceptors (Lipinski definition) is 5. The van der Waals surface area contributed by atoms with E-state index in [9.17, 15) is 14.4 Å². The second-order valence-corrected chi connectivity index (χ2v) is 5.31. The Labute approximate surface area is 138 Å². The Morgan fingerprint density at radius 1 is 1.17 bits per heavy atom. The van der Waals surface area contributed by atoms with Crippen molar-refractivity contribution in [3.8, 4) is 0 Å². The molecule has 2 aromatic rings. The lowest BCUT2D eigenvalue weighted by Crippen LogP contribution is -2.30. The summed E-state index contributed by atoms with van der Waals surface area (Å²) in [6.07, 6.45) is -0.997. The molecule has 0 bridgehead atoms. The zero-order chi connectivity index (χ0) is 17.9. The molecule has 0 unspecified atom stereocenters. The number of nitrogens with two attached hydrogens (primary N) is 1. The molecule has 1 heterocycles. The number of anilines is 1. The summed E-state index contributed by atoms with van der Waals surface area (Å²) in [5, 5.41) is 2.59. The number of furan rings is 1. The molecule has 7 heteroatoms. The van der Waals surface area contributed by atoms with E-state index < -0.39 is 23.9 Å². The van der Waals surface area contributed by atoms with E-state index >= 15 is 0 Å². The second-order valence-electron chi connectivity index (χ2n) is 5.31. The van der Waals surface area contributed by atoms with Crippen LogP contribution >= 0.6 is 0 Å². The van der Waals surface area contributed by atoms with Crippen LogP contribution in [0, 0.1) is 13.8 Å². The molecule has 0 radical (unpaired) electrons. The molecule has 0 aliphatic carbocycles. The maximum atomic E-state index is 12.1. The first kappa shape index (κ1) is 17.3. The molecule has 0 aliphatic rings. The zero-order valence-corrected chi connectivity index (χ0v) is 13.6. The van der Waals surface area contributed by atoms with Crippen LogP contribution in [0.15, 0.2) is 34.7 Å². The molecule has 0 fully saturated rings. The van der Waals surface area contributed by atoms with Crippen molar-refractivity contribution in [2.75, 3.05) is 5.32 Å². The fourth-order valence-electron chi connectivity index (χ4n) is 2.07. The summed E-state index contributed by atoms with van der Waals surface area (Å²) in [6, 6.07) is 7.62. The summed E-state index contributed by atoms with van der Waals surface area (Å²) < 4.78 is 10.4. The van der Waals surface area contributed by atoms with Crippen LogP contribution in [0.4, 0.5) is 5.69 Å². The van der Waals surface area contributed by atoms with Gasteiger partial charge in [0.15, 0.2) is 6.10 Å². The van der Waals surface area contributed by atoms with Crippen molar-refractivity contribution >= 4 is 23.5 Å². The van der Waals surface area contributed by atoms with Gasteiger partial charge in [-0.1, -0.05) is 0 Å². The molecule has 1 aromatic carbocycles. The van der Waals surface area contributed by atoms with Crippen molar-refractivity contribution in [1.82, 2.24) is 0 Å². The molecule has 0 saturated carbocycles. The monoisotopic (exact) mass is 330 g/mol. The molecule has 0 spiro atoms. The molecular formula is C17H18N2O5. The topological polar surface area (TPSA) is 112 Å². The highest BCUT2D eigenvalue weighted by molar-refractivity contribution is 5.98. The molecule has 3 N–H and O–H groups in total. The van der Waals surface area contributed by atoms with E-state index in [-0.39, 0.29) is 5.56 Å². The summed E-state index contributed by atoms with van der Waals surface area (Å²) in [5.74, 6) is -0.650. The number of aryl methyl sites for hydroxylation is 2. The Morgan fingerprint density at radius 3 is 2.29 bits per heavy atom. The maximum Gasteiger partial charge on any atom is 0.342 e. The normalized spacial score (nSPS) is 11.6. The number of ether oxygens (including phenoxy) is 1. The highest BCUT2D eigenvalue weighted by Crippen LogP contribution is 2.16. The Hall–Kier alpha value is -3.09. The van der Waals surface area contributed by atoms with Gasteiger partial charge in [-0.05, 0) is 51.1 Å². The van der Waals surface area contributed by atoms with Crippen LogP contribution in [-0.2, 0) is 9.53 Å². The van der Waals surface area contributed by atoms with Gasteiger partial charge in [-0.3, -0.25) is 9.59 Å². The summed E-state index contributed by atoms with van der Waals surface area (Å²) >= 11 is 0. The lowest BCUT2D eigenvalue weighted by molar-refractivity contribution is -0.123. The fourth-order valence-corrected chi connectivity index (χ4v) is 2.07. The Kier molecular flexibility index (Phi) is 5.03. The third kappa shape index (κ3) is 4.01. The molecule has 1 atom stereocenters. The molecule has 126 valence electrons. The van der Waals surface area contributed by atoms with Gasteiger partial charge in [0, 0.05) is 11.3 Å². The molecular weight excluding hydrogens is 312 g/mol. The van der Waals surface area contributed by atoms with E-state index in [1.54, 1.807) is 19.9 Å². The zero-order valence-electron chi connectivity index (χ0n) is 13.6. The minimum atomic E-state index is -0.997. The molecule has 0 aliphatic heterocycles. The second kappa shape index (κ2) is 6.99. The smallest absolute Gasteiger partial charge is 0.342 e. The lowest BCUT2D eigenvalue weighted by atomic mass is 10.2. The lowest BCUT2D eigenvalue weighted by Gasteiger charge is -2.13. The minimum absolute atomic E-state index is 0.290. The van der Waals surface area contributed by atoms with Crippen LogP contribution in [0.1, 0.15) is 39.2 Å². The van der Waals surface area contributed by atoms with Gasteiger partial charge in [0.1, 0.15) is 17.1 Å². The maximum absolute atomic E-state index is 12.1. The fraction of sp³-hybridized carbons (Fsp3) is 0.235. The molecule has 7 nitrogen and oxygen atoms in total. The predicted molar refractivity (Wildman–Crippen MR) is 86.6 cm³/mol. The third-order valence-corrected chi connectivity index (χ3v) is 3.35. The molecule has 0 saturated heterocycles. The first-order chi connectivity index (χ1) is 11.3. The molecule has 24 heavy (non-hydrogen) atoms. The number of esters is 1. The average Bonchev–Trinajstić information content (AvgIpc) is 2.86. The number of hydrogen-bond donors (Lipinski definition) is 2. The molecule has 2 rings (SSSR count). The van der Waals surface area contributed by atoms with Crippen molar-refractivity contribution < 1.29 is 23.5 Å². The van der Waals surface area contributed by atoms with E-state index in [4.69, 9.17) is 14.9 Å². The van der Waals surface area contributed by atoms with Crippen LogP contribution in [-0.4, -0.2) is 23.9 Å². The SMILES string of the molecule is Cc1cc(C(=O)O[C@@H](C)C(=O)Nc2ccc(C(N)=O)cc2)c(C)o1. The van der Waals surface area contributed by atoms with Gasteiger partial charge in [-0.25, -0.2) is 4.79 Å². The molecule has 1 aromatic heterocycles. The van der Waals surface area contributed by atoms with Gasteiger partial charge in [-0.2, -0.15) is 0 Å². The average molecular weight is 330 g/mol. The largest absolute Gasteiger partial charge is 0.466 e. The number of nitrogens with one attached hydrogen (secondary N) is 1. The summed E-state index contributed by atoms with van der Waals surface area (Å²) in [6.45, 7) is 4.83. The standard InChI is InChI=1S/C17H18N2O5/c1-9-8-14(10(2)23-9)17(22)24-11(3)16(21)19-13-6-4-12(5-7-13)15(18)20/h4-8,11H,1-3H3,(H2,18,20)(H,19,21)/t11-/m0/s1. The van der Waals surface area contributed by atoms with Crippen molar-refractivity contribution in [3.63, 3.8) is 0 Å². The number of rotatable bonds is 5. The van der Waals surface area contributed by atoms with Crippen LogP contribution in [0.3, 0.4) is 0 Å². The Morgan fingerprint density at radius 2 is 1.79 bits per heavy atom. The van der Waals surface area contributed by atoms with Crippen molar-refractivity contribution in [1.29, 1.82) is 0 Å².